The van der Waals surface area contributed by atoms with Crippen LogP contribution >= 0.6 is 24.0 Å². The lowest BCUT2D eigenvalue weighted by molar-refractivity contribution is -0.00834. The van der Waals surface area contributed by atoms with E-state index in [9.17, 15) is 4.79 Å². The predicted octanol–water partition coefficient (Wildman–Crippen LogP) is 0.772. The number of nitrogens with one attached hydrogen (secondary N) is 2. The first-order chi connectivity index (χ1) is 11.4. The van der Waals surface area contributed by atoms with Crippen LogP contribution in [-0.4, -0.2) is 62.2 Å². The molecule has 8 nitrogen and oxygen atoms in total. The highest BCUT2D eigenvalue weighted by Crippen LogP contribution is 2.15. The number of nitrogens with two attached hydrogens (primary N) is 1. The second-order valence-corrected chi connectivity index (χ2v) is 6.32. The van der Waals surface area contributed by atoms with E-state index in [0.717, 1.165) is 32.8 Å². The fourth-order valence-corrected chi connectivity index (χ4v) is 2.58. The van der Waals surface area contributed by atoms with Crippen molar-refractivity contribution >= 4 is 35.8 Å². The van der Waals surface area contributed by atoms with E-state index in [0.29, 0.717) is 18.3 Å². The number of primary amides is 1. The first-order valence-corrected chi connectivity index (χ1v) is 8.08. The number of hydrogen-bond acceptors (Lipinski definition) is 5. The molecule has 1 fully saturated rings. The van der Waals surface area contributed by atoms with Gasteiger partial charge in [-0.1, -0.05) is 0 Å². The number of rotatable bonds is 6. The maximum atomic E-state index is 11.0. The number of aliphatic imine (C=N–C) groups is 1. The number of nitrogens with zero attached hydrogens (tertiary/aromatic N) is 2. The Morgan fingerprint density at radius 3 is 2.56 bits per heavy atom. The molecule has 1 aliphatic heterocycles. The van der Waals surface area contributed by atoms with Crippen molar-refractivity contribution < 1.29 is 13.9 Å². The van der Waals surface area contributed by atoms with Gasteiger partial charge in [0.1, 0.15) is 5.76 Å². The lowest BCUT2D eigenvalue weighted by Gasteiger charge is -2.41. The summed E-state index contributed by atoms with van der Waals surface area (Å²) in [5, 5.41) is 6.49. The highest BCUT2D eigenvalue weighted by molar-refractivity contribution is 14.0. The van der Waals surface area contributed by atoms with Gasteiger partial charge in [0, 0.05) is 32.2 Å². The average molecular weight is 465 g/mol. The van der Waals surface area contributed by atoms with Gasteiger partial charge >= 0.3 is 0 Å². The highest BCUT2D eigenvalue weighted by Gasteiger charge is 2.28. The summed E-state index contributed by atoms with van der Waals surface area (Å²) in [7, 11) is 1.72. The summed E-state index contributed by atoms with van der Waals surface area (Å²) >= 11 is 0. The molecule has 0 aliphatic carbocycles. The van der Waals surface area contributed by atoms with Crippen molar-refractivity contribution in [3.8, 4) is 0 Å². The van der Waals surface area contributed by atoms with Gasteiger partial charge in [0.2, 0.25) is 0 Å². The van der Waals surface area contributed by atoms with E-state index in [1.54, 1.807) is 19.2 Å². The number of guanidine groups is 1. The van der Waals surface area contributed by atoms with Gasteiger partial charge in [0.25, 0.3) is 5.91 Å². The molecule has 0 aromatic carbocycles. The maximum absolute atomic E-state index is 11.0. The first kappa shape index (κ1) is 21.7. The van der Waals surface area contributed by atoms with Crippen LogP contribution in [0.15, 0.2) is 21.5 Å². The van der Waals surface area contributed by atoms with Crippen molar-refractivity contribution in [1.82, 2.24) is 15.5 Å². The van der Waals surface area contributed by atoms with E-state index in [4.69, 9.17) is 14.9 Å². The minimum absolute atomic E-state index is 0. The van der Waals surface area contributed by atoms with E-state index >= 15 is 0 Å². The van der Waals surface area contributed by atoms with Gasteiger partial charge in [-0.25, -0.2) is 0 Å². The Kier molecular flexibility index (Phi) is 8.66. The predicted molar refractivity (Wildman–Crippen MR) is 107 cm³/mol. The van der Waals surface area contributed by atoms with Crippen molar-refractivity contribution in [1.29, 1.82) is 0 Å². The Morgan fingerprint density at radius 1 is 1.32 bits per heavy atom. The average Bonchev–Trinajstić information content (AvgIpc) is 3.05. The van der Waals surface area contributed by atoms with Gasteiger partial charge in [-0.3, -0.25) is 14.7 Å². The van der Waals surface area contributed by atoms with Crippen molar-refractivity contribution in [2.75, 3.05) is 39.9 Å². The number of ether oxygens (including phenoxy) is 1. The van der Waals surface area contributed by atoms with Crippen molar-refractivity contribution in [3.63, 3.8) is 0 Å². The quantitative estimate of drug-likeness (QED) is 0.326. The molecule has 142 valence electrons. The fraction of sp³-hybridized carbons (Fsp3) is 0.625. The highest BCUT2D eigenvalue weighted by atomic mass is 127. The normalized spacial score (nSPS) is 16.2. The molecule has 9 heteroatoms. The Bertz CT molecular complexity index is 582. The molecule has 0 radical (unpaired) electrons. The number of halogens is 1. The van der Waals surface area contributed by atoms with Crippen molar-refractivity contribution in [2.45, 2.75) is 25.9 Å². The van der Waals surface area contributed by atoms with Gasteiger partial charge in [-0.2, -0.15) is 0 Å². The molecule has 0 atom stereocenters. The summed E-state index contributed by atoms with van der Waals surface area (Å²) in [5.41, 5.74) is 5.16. The third-order valence-corrected chi connectivity index (χ3v) is 4.11. The van der Waals surface area contributed by atoms with E-state index in [1.165, 1.54) is 0 Å². The lowest BCUT2D eigenvalue weighted by atomic mass is 10.0. The number of morpholine rings is 1. The number of furan rings is 1. The molecule has 25 heavy (non-hydrogen) atoms. The van der Waals surface area contributed by atoms with Crippen LogP contribution in [0.3, 0.4) is 0 Å². The van der Waals surface area contributed by atoms with Crippen LogP contribution in [-0.2, 0) is 11.3 Å². The zero-order valence-corrected chi connectivity index (χ0v) is 17.3. The Balaban J connectivity index is 0.00000312. The molecular formula is C16H28IN5O3. The maximum Gasteiger partial charge on any atom is 0.284 e. The lowest BCUT2D eigenvalue weighted by Crippen LogP contribution is -2.56. The van der Waals surface area contributed by atoms with Crippen LogP contribution < -0.4 is 16.4 Å². The Hall–Kier alpha value is -1.33. The molecule has 0 spiro atoms. The monoisotopic (exact) mass is 465 g/mol. The molecule has 1 saturated heterocycles. The summed E-state index contributed by atoms with van der Waals surface area (Å²) in [4.78, 5) is 17.6. The van der Waals surface area contributed by atoms with Gasteiger partial charge in [0.15, 0.2) is 11.7 Å². The van der Waals surface area contributed by atoms with Gasteiger partial charge < -0.3 is 25.5 Å². The van der Waals surface area contributed by atoms with Crippen LogP contribution in [0.1, 0.15) is 30.2 Å². The number of carbonyl (C=O) groups is 1. The van der Waals surface area contributed by atoms with Crippen LogP contribution in [0, 0.1) is 0 Å². The number of amides is 1. The van der Waals surface area contributed by atoms with E-state index in [-0.39, 0.29) is 35.3 Å². The number of carbonyl (C=O) groups excluding carboxylic acids is 1. The van der Waals surface area contributed by atoms with Crippen LogP contribution in [0.4, 0.5) is 0 Å². The zero-order chi connectivity index (χ0) is 17.6. The van der Waals surface area contributed by atoms with Gasteiger partial charge in [-0.05, 0) is 26.0 Å². The summed E-state index contributed by atoms with van der Waals surface area (Å²) in [6, 6.07) is 3.29. The van der Waals surface area contributed by atoms with Gasteiger partial charge in [-0.15, -0.1) is 24.0 Å². The van der Waals surface area contributed by atoms with Crippen molar-refractivity contribution in [3.05, 3.63) is 23.7 Å². The van der Waals surface area contributed by atoms with Gasteiger partial charge in [0.05, 0.1) is 19.8 Å². The molecule has 1 amide bonds. The van der Waals surface area contributed by atoms with E-state index < -0.39 is 5.91 Å². The molecule has 0 unspecified atom stereocenters. The standard InChI is InChI=1S/C16H27N5O3.HI/c1-16(2,21-6-8-23-9-7-21)11-20-15(18-3)19-10-12-4-5-13(24-12)14(17)22;/h4-5H,6-11H2,1-3H3,(H2,17,22)(H2,18,19,20);1H. The summed E-state index contributed by atoms with van der Waals surface area (Å²) in [6.45, 7) is 8.98. The smallest absolute Gasteiger partial charge is 0.284 e. The minimum Gasteiger partial charge on any atom is -0.454 e. The second kappa shape index (κ2) is 9.97. The topological polar surface area (TPSA) is 105 Å². The molecule has 2 heterocycles. The molecule has 1 aliphatic rings. The summed E-state index contributed by atoms with van der Waals surface area (Å²) < 4.78 is 10.7. The molecule has 0 bridgehead atoms. The summed E-state index contributed by atoms with van der Waals surface area (Å²) in [6.07, 6.45) is 0. The molecule has 2 rings (SSSR count). The Morgan fingerprint density at radius 2 is 2.00 bits per heavy atom. The molecule has 1 aromatic rings. The SMILES string of the molecule is CN=C(NCc1ccc(C(N)=O)o1)NCC(C)(C)N1CCOCC1.I. The second-order valence-electron chi connectivity index (χ2n) is 6.32. The number of hydrogen-bond donors (Lipinski definition) is 3. The fourth-order valence-electron chi connectivity index (χ4n) is 2.58. The van der Waals surface area contributed by atoms with E-state index in [1.807, 2.05) is 0 Å². The van der Waals surface area contributed by atoms with Crippen molar-refractivity contribution in [2.24, 2.45) is 10.7 Å². The third kappa shape index (κ3) is 6.48. The molecule has 4 N–H and O–H groups in total. The van der Waals surface area contributed by atoms with Crippen LogP contribution in [0.2, 0.25) is 0 Å². The zero-order valence-electron chi connectivity index (χ0n) is 15.0. The molecule has 0 saturated carbocycles. The molecule has 1 aromatic heterocycles. The third-order valence-electron chi connectivity index (χ3n) is 4.11. The van der Waals surface area contributed by atoms with E-state index in [2.05, 4.69) is 34.4 Å². The largest absolute Gasteiger partial charge is 0.454 e. The molecular weight excluding hydrogens is 437 g/mol. The summed E-state index contributed by atoms with van der Waals surface area (Å²) in [5.74, 6) is 0.881. The van der Waals surface area contributed by atoms with Crippen LogP contribution in [0.25, 0.3) is 0 Å². The Labute approximate surface area is 165 Å². The first-order valence-electron chi connectivity index (χ1n) is 8.08. The minimum atomic E-state index is -0.573. The van der Waals surface area contributed by atoms with Crippen LogP contribution in [0.5, 0.6) is 0 Å².